The van der Waals surface area contributed by atoms with Crippen molar-refractivity contribution in [3.05, 3.63) is 0 Å². The van der Waals surface area contributed by atoms with Gasteiger partial charge in [-0.1, -0.05) is 0 Å². The molecule has 2 heterocycles. The van der Waals surface area contributed by atoms with Crippen molar-refractivity contribution in [1.29, 1.82) is 0 Å². The quantitative estimate of drug-likeness (QED) is 0.606. The molecule has 20 heavy (non-hydrogen) atoms. The highest BCUT2D eigenvalue weighted by atomic mass is 16.5. The molecule has 2 aliphatic heterocycles. The Morgan fingerprint density at radius 1 is 0.700 bits per heavy atom. The third-order valence-electron chi connectivity index (χ3n) is 3.04. The number of ether oxygens (including phenoxy) is 2. The summed E-state index contributed by atoms with van der Waals surface area (Å²) in [6.45, 7) is 3.49. The molecule has 2 saturated heterocycles. The highest BCUT2D eigenvalue weighted by Crippen LogP contribution is 1.98. The third kappa shape index (κ3) is 4.07. The van der Waals surface area contributed by atoms with Crippen molar-refractivity contribution in [3.8, 4) is 0 Å². The number of urea groups is 3. The molecular weight excluding hydrogens is 268 g/mol. The molecule has 2 rings (SSSR count). The van der Waals surface area contributed by atoms with E-state index in [0.717, 1.165) is 0 Å². The van der Waals surface area contributed by atoms with Crippen LogP contribution in [0.25, 0.3) is 0 Å². The first-order valence-electron chi connectivity index (χ1n) is 6.48. The van der Waals surface area contributed by atoms with Gasteiger partial charge in [0.25, 0.3) is 0 Å². The molecule has 0 aromatic heterocycles. The molecule has 6 amide bonds. The molecule has 0 aromatic carbocycles. The fourth-order valence-electron chi connectivity index (χ4n) is 1.92. The van der Waals surface area contributed by atoms with Gasteiger partial charge in [-0.2, -0.15) is 0 Å². The number of imide groups is 2. The van der Waals surface area contributed by atoms with Crippen LogP contribution in [-0.2, 0) is 9.47 Å². The van der Waals surface area contributed by atoms with Gasteiger partial charge in [0.15, 0.2) is 0 Å². The van der Waals surface area contributed by atoms with Gasteiger partial charge >= 0.3 is 18.1 Å². The van der Waals surface area contributed by atoms with Crippen molar-refractivity contribution in [3.63, 3.8) is 0 Å². The highest BCUT2D eigenvalue weighted by molar-refractivity contribution is 6.01. The molecule has 0 aromatic rings. The summed E-state index contributed by atoms with van der Waals surface area (Å²) in [5.74, 6) is 0. The van der Waals surface area contributed by atoms with E-state index < -0.39 is 18.1 Å². The monoisotopic (exact) mass is 286 g/mol. The van der Waals surface area contributed by atoms with Crippen LogP contribution >= 0.6 is 0 Å². The topological polar surface area (TPSA) is 100 Å². The minimum atomic E-state index is -0.821. The Labute approximate surface area is 116 Å². The standard InChI is InChI=1S/C11H18N4O5/c16-9(12-10(17)14-1-5-19-6-2-14)13-11(18)15-3-7-20-8-4-15/h1-8H2,(H2,12,13,16,17,18). The molecule has 0 unspecified atom stereocenters. The maximum atomic E-state index is 11.7. The minimum Gasteiger partial charge on any atom is -0.378 e. The van der Waals surface area contributed by atoms with Gasteiger partial charge in [0, 0.05) is 26.2 Å². The van der Waals surface area contributed by atoms with Crippen LogP contribution in [0.15, 0.2) is 0 Å². The Kier molecular flexibility index (Phi) is 5.13. The second-order valence-electron chi connectivity index (χ2n) is 4.39. The highest BCUT2D eigenvalue weighted by Gasteiger charge is 2.22. The van der Waals surface area contributed by atoms with Crippen molar-refractivity contribution in [2.45, 2.75) is 0 Å². The van der Waals surface area contributed by atoms with Gasteiger partial charge in [-0.3, -0.25) is 10.6 Å². The van der Waals surface area contributed by atoms with Crippen molar-refractivity contribution >= 4 is 18.1 Å². The molecule has 9 nitrogen and oxygen atoms in total. The van der Waals surface area contributed by atoms with Crippen LogP contribution in [0.4, 0.5) is 14.4 Å². The van der Waals surface area contributed by atoms with Crippen LogP contribution in [-0.4, -0.2) is 80.5 Å². The molecule has 0 bridgehead atoms. The number of nitrogens with zero attached hydrogens (tertiary/aromatic N) is 2. The number of nitrogens with one attached hydrogen (secondary N) is 2. The van der Waals surface area contributed by atoms with Crippen molar-refractivity contribution in [1.82, 2.24) is 20.4 Å². The van der Waals surface area contributed by atoms with E-state index in [0.29, 0.717) is 52.6 Å². The number of carbonyl (C=O) groups excluding carboxylic acids is 3. The number of carbonyl (C=O) groups is 3. The summed E-state index contributed by atoms with van der Waals surface area (Å²) in [5.41, 5.74) is 0. The number of amides is 6. The number of rotatable bonds is 0. The molecule has 0 spiro atoms. The largest absolute Gasteiger partial charge is 0.378 e. The molecule has 0 atom stereocenters. The first-order valence-corrected chi connectivity index (χ1v) is 6.48. The predicted octanol–water partition coefficient (Wildman–Crippen LogP) is -0.810. The van der Waals surface area contributed by atoms with Gasteiger partial charge in [0.1, 0.15) is 0 Å². The molecule has 2 N–H and O–H groups in total. The van der Waals surface area contributed by atoms with E-state index in [1.54, 1.807) is 0 Å². The van der Waals surface area contributed by atoms with E-state index in [4.69, 9.17) is 9.47 Å². The lowest BCUT2D eigenvalue weighted by Crippen LogP contribution is -2.54. The zero-order valence-electron chi connectivity index (χ0n) is 11.1. The van der Waals surface area contributed by atoms with Crippen LogP contribution in [0, 0.1) is 0 Å². The summed E-state index contributed by atoms with van der Waals surface area (Å²) in [7, 11) is 0. The van der Waals surface area contributed by atoms with E-state index in [1.165, 1.54) is 9.80 Å². The SMILES string of the molecule is O=C(NC(=O)N1CCOCC1)NC(=O)N1CCOCC1. The summed E-state index contributed by atoms with van der Waals surface area (Å²) in [5, 5.41) is 4.24. The Morgan fingerprint density at radius 3 is 1.40 bits per heavy atom. The predicted molar refractivity (Wildman–Crippen MR) is 67.2 cm³/mol. The Hall–Kier alpha value is -1.87. The molecule has 0 aliphatic carbocycles. The molecule has 0 radical (unpaired) electrons. The minimum absolute atomic E-state index is 0.427. The number of morpholine rings is 2. The van der Waals surface area contributed by atoms with E-state index in [1.807, 2.05) is 0 Å². The van der Waals surface area contributed by atoms with Gasteiger partial charge in [-0.05, 0) is 0 Å². The summed E-state index contributed by atoms with van der Waals surface area (Å²) < 4.78 is 10.2. The molecule has 0 saturated carbocycles. The fourth-order valence-corrected chi connectivity index (χ4v) is 1.92. The van der Waals surface area contributed by atoms with Crippen LogP contribution in [0.1, 0.15) is 0 Å². The fraction of sp³-hybridized carbons (Fsp3) is 0.727. The van der Waals surface area contributed by atoms with E-state index in [9.17, 15) is 14.4 Å². The zero-order chi connectivity index (χ0) is 14.4. The van der Waals surface area contributed by atoms with Crippen LogP contribution in [0.5, 0.6) is 0 Å². The van der Waals surface area contributed by atoms with E-state index in [2.05, 4.69) is 10.6 Å². The van der Waals surface area contributed by atoms with Crippen LogP contribution in [0.2, 0.25) is 0 Å². The lowest BCUT2D eigenvalue weighted by molar-refractivity contribution is 0.0525. The van der Waals surface area contributed by atoms with Gasteiger partial charge in [-0.15, -0.1) is 0 Å². The van der Waals surface area contributed by atoms with Crippen LogP contribution < -0.4 is 10.6 Å². The third-order valence-corrected chi connectivity index (χ3v) is 3.04. The van der Waals surface area contributed by atoms with Gasteiger partial charge < -0.3 is 19.3 Å². The second kappa shape index (κ2) is 7.06. The first kappa shape index (κ1) is 14.5. The Bertz CT molecular complexity index is 343. The van der Waals surface area contributed by atoms with Gasteiger partial charge in [-0.25, -0.2) is 14.4 Å². The van der Waals surface area contributed by atoms with Crippen LogP contribution in [0.3, 0.4) is 0 Å². The maximum Gasteiger partial charge on any atom is 0.330 e. The maximum absolute atomic E-state index is 11.7. The van der Waals surface area contributed by atoms with Gasteiger partial charge in [0.05, 0.1) is 26.4 Å². The molecule has 9 heteroatoms. The lowest BCUT2D eigenvalue weighted by atomic mass is 10.4. The van der Waals surface area contributed by atoms with E-state index >= 15 is 0 Å². The first-order chi connectivity index (χ1) is 9.66. The zero-order valence-corrected chi connectivity index (χ0v) is 11.1. The number of hydrogen-bond donors (Lipinski definition) is 2. The van der Waals surface area contributed by atoms with E-state index in [-0.39, 0.29) is 0 Å². The normalized spacial score (nSPS) is 19.4. The summed E-state index contributed by atoms with van der Waals surface area (Å²) >= 11 is 0. The molecule has 2 fully saturated rings. The average molecular weight is 286 g/mol. The van der Waals surface area contributed by atoms with Crippen molar-refractivity contribution in [2.75, 3.05) is 52.6 Å². The molecule has 2 aliphatic rings. The number of hydrogen-bond acceptors (Lipinski definition) is 5. The summed E-state index contributed by atoms with van der Waals surface area (Å²) in [6, 6.07) is -1.88. The second-order valence-corrected chi connectivity index (χ2v) is 4.39. The summed E-state index contributed by atoms with van der Waals surface area (Å²) in [4.78, 5) is 37.9. The molecule has 112 valence electrons. The molecular formula is C11H18N4O5. The Balaban J connectivity index is 1.73. The summed E-state index contributed by atoms with van der Waals surface area (Å²) in [6.07, 6.45) is 0. The van der Waals surface area contributed by atoms with Crippen molar-refractivity contribution < 1.29 is 23.9 Å². The lowest BCUT2D eigenvalue weighted by Gasteiger charge is -2.28. The van der Waals surface area contributed by atoms with Crippen molar-refractivity contribution in [2.24, 2.45) is 0 Å². The van der Waals surface area contributed by atoms with Gasteiger partial charge in [0.2, 0.25) is 0 Å². The average Bonchev–Trinajstić information content (AvgIpc) is 2.49. The smallest absolute Gasteiger partial charge is 0.330 e. The Morgan fingerprint density at radius 2 is 1.05 bits per heavy atom.